The number of hydrogen-bond donors (Lipinski definition) is 0. The van der Waals surface area contributed by atoms with Gasteiger partial charge in [-0.25, -0.2) is 0 Å². The maximum atomic E-state index is 11.4. The zero-order chi connectivity index (χ0) is 12.2. The molecule has 0 atom stereocenters. The van der Waals surface area contributed by atoms with Gasteiger partial charge >= 0.3 is 0 Å². The van der Waals surface area contributed by atoms with Gasteiger partial charge in [-0.05, 0) is 43.3 Å². The van der Waals surface area contributed by atoms with Gasteiger partial charge in [0.05, 0.1) is 0 Å². The Labute approximate surface area is 98.9 Å². The monoisotopic (exact) mass is 218 g/mol. The van der Waals surface area contributed by atoms with Crippen LogP contribution in [-0.2, 0) is 4.79 Å². The van der Waals surface area contributed by atoms with E-state index in [-0.39, 0.29) is 11.2 Å². The fourth-order valence-electron chi connectivity index (χ4n) is 2.40. The van der Waals surface area contributed by atoms with E-state index in [1.807, 2.05) is 6.08 Å². The number of rotatable bonds is 4. The van der Waals surface area contributed by atoms with Gasteiger partial charge in [-0.1, -0.05) is 31.6 Å². The highest BCUT2D eigenvalue weighted by Gasteiger charge is 2.26. The van der Waals surface area contributed by atoms with Gasteiger partial charge in [0.15, 0.2) is 5.78 Å². The average molecular weight is 218 g/mol. The Kier molecular flexibility index (Phi) is 4.28. The normalized spacial score (nSPS) is 20.2. The number of allylic oxidation sites excluding steroid dienone is 5. The lowest BCUT2D eigenvalue weighted by atomic mass is 9.72. The maximum Gasteiger partial charge on any atom is 0.159 e. The van der Waals surface area contributed by atoms with E-state index in [1.54, 1.807) is 12.2 Å². The Hall–Kier alpha value is -1.11. The lowest BCUT2D eigenvalue weighted by Crippen LogP contribution is -2.19. The van der Waals surface area contributed by atoms with Crippen LogP contribution in [-0.4, -0.2) is 5.78 Å². The maximum absolute atomic E-state index is 11.4. The van der Waals surface area contributed by atoms with Crippen LogP contribution in [0, 0.1) is 5.41 Å². The van der Waals surface area contributed by atoms with Gasteiger partial charge in [-0.2, -0.15) is 0 Å². The highest BCUT2D eigenvalue weighted by Crippen LogP contribution is 2.40. The van der Waals surface area contributed by atoms with Crippen LogP contribution in [0.3, 0.4) is 0 Å². The van der Waals surface area contributed by atoms with E-state index in [0.717, 1.165) is 0 Å². The Balaban J connectivity index is 2.85. The molecule has 88 valence electrons. The van der Waals surface area contributed by atoms with Crippen LogP contribution < -0.4 is 0 Å². The van der Waals surface area contributed by atoms with Crippen LogP contribution >= 0.6 is 0 Å². The summed E-state index contributed by atoms with van der Waals surface area (Å²) < 4.78 is 0. The standard InChI is InChI=1S/C15H22O/c1-5-7-13(16)9-10-14-12(2)8-6-11-15(14,3)4/h5,9-10H,1,6-8,11H2,2-4H3/b10-9+. The molecule has 0 aromatic rings. The highest BCUT2D eigenvalue weighted by atomic mass is 16.1. The molecule has 0 aromatic carbocycles. The minimum atomic E-state index is 0.136. The third-order valence-corrected chi connectivity index (χ3v) is 3.32. The van der Waals surface area contributed by atoms with Crippen LogP contribution in [0.2, 0.25) is 0 Å². The molecule has 1 heteroatoms. The van der Waals surface area contributed by atoms with Crippen LogP contribution in [0.25, 0.3) is 0 Å². The molecular weight excluding hydrogens is 196 g/mol. The van der Waals surface area contributed by atoms with Gasteiger partial charge in [-0.15, -0.1) is 6.58 Å². The van der Waals surface area contributed by atoms with Gasteiger partial charge in [0.2, 0.25) is 0 Å². The van der Waals surface area contributed by atoms with Crippen LogP contribution in [0.5, 0.6) is 0 Å². The summed E-state index contributed by atoms with van der Waals surface area (Å²) in [7, 11) is 0. The van der Waals surface area contributed by atoms with Crippen molar-refractivity contribution in [3.63, 3.8) is 0 Å². The summed E-state index contributed by atoms with van der Waals surface area (Å²) in [6, 6.07) is 0. The predicted molar refractivity (Wildman–Crippen MR) is 69.3 cm³/mol. The molecule has 0 aliphatic heterocycles. The average Bonchev–Trinajstić information content (AvgIpc) is 2.16. The minimum absolute atomic E-state index is 0.136. The van der Waals surface area contributed by atoms with Crippen molar-refractivity contribution < 1.29 is 4.79 Å². The Morgan fingerprint density at radius 1 is 1.50 bits per heavy atom. The molecule has 0 fully saturated rings. The first kappa shape index (κ1) is 13.0. The molecule has 1 rings (SSSR count). The zero-order valence-corrected chi connectivity index (χ0v) is 10.7. The van der Waals surface area contributed by atoms with E-state index in [0.29, 0.717) is 6.42 Å². The van der Waals surface area contributed by atoms with Crippen molar-refractivity contribution in [1.29, 1.82) is 0 Å². The van der Waals surface area contributed by atoms with Gasteiger partial charge < -0.3 is 0 Å². The van der Waals surface area contributed by atoms with Gasteiger partial charge in [-0.3, -0.25) is 4.79 Å². The molecule has 0 saturated heterocycles. The SMILES string of the molecule is C=CCC(=O)/C=C/C1=C(C)CCCC1(C)C. The van der Waals surface area contributed by atoms with E-state index >= 15 is 0 Å². The fourth-order valence-corrected chi connectivity index (χ4v) is 2.40. The number of carbonyl (C=O) groups excluding carboxylic acids is 1. The molecule has 0 saturated carbocycles. The summed E-state index contributed by atoms with van der Waals surface area (Å²) in [6.45, 7) is 10.3. The van der Waals surface area contributed by atoms with E-state index in [9.17, 15) is 4.79 Å². The molecule has 0 aromatic heterocycles. The smallest absolute Gasteiger partial charge is 0.159 e. The summed E-state index contributed by atoms with van der Waals surface area (Å²) in [4.78, 5) is 11.4. The first-order valence-corrected chi connectivity index (χ1v) is 5.99. The second kappa shape index (κ2) is 5.29. The summed E-state index contributed by atoms with van der Waals surface area (Å²) in [6.07, 6.45) is 9.44. The molecule has 1 aliphatic rings. The number of hydrogen-bond acceptors (Lipinski definition) is 1. The second-order valence-corrected chi connectivity index (χ2v) is 5.22. The van der Waals surface area contributed by atoms with E-state index < -0.39 is 0 Å². The Bertz CT molecular complexity index is 342. The first-order valence-electron chi connectivity index (χ1n) is 5.99. The van der Waals surface area contributed by atoms with E-state index in [2.05, 4.69) is 27.4 Å². The van der Waals surface area contributed by atoms with Crippen molar-refractivity contribution >= 4 is 5.78 Å². The molecule has 1 nitrogen and oxygen atoms in total. The quantitative estimate of drug-likeness (QED) is 0.510. The van der Waals surface area contributed by atoms with Gasteiger partial charge in [0.1, 0.15) is 0 Å². The fraction of sp³-hybridized carbons (Fsp3) is 0.533. The van der Waals surface area contributed by atoms with Crippen molar-refractivity contribution in [3.05, 3.63) is 36.0 Å². The van der Waals surface area contributed by atoms with Crippen LogP contribution in [0.1, 0.15) is 46.5 Å². The number of carbonyl (C=O) groups is 1. The van der Waals surface area contributed by atoms with Crippen molar-refractivity contribution in [2.24, 2.45) is 5.41 Å². The summed E-state index contributed by atoms with van der Waals surface area (Å²) in [5.74, 6) is 0.136. The molecule has 16 heavy (non-hydrogen) atoms. The second-order valence-electron chi connectivity index (χ2n) is 5.22. The molecule has 1 aliphatic carbocycles. The van der Waals surface area contributed by atoms with Gasteiger partial charge in [0, 0.05) is 6.42 Å². The first-order chi connectivity index (χ1) is 7.47. The van der Waals surface area contributed by atoms with Crippen molar-refractivity contribution in [2.75, 3.05) is 0 Å². The molecule has 0 heterocycles. The van der Waals surface area contributed by atoms with Crippen LogP contribution in [0.4, 0.5) is 0 Å². The molecule has 0 bridgehead atoms. The summed E-state index contributed by atoms with van der Waals surface area (Å²) in [5, 5.41) is 0. The van der Waals surface area contributed by atoms with Crippen molar-refractivity contribution in [2.45, 2.75) is 46.5 Å². The summed E-state index contributed by atoms with van der Waals surface area (Å²) in [5.41, 5.74) is 2.99. The third kappa shape index (κ3) is 3.19. The zero-order valence-electron chi connectivity index (χ0n) is 10.7. The molecule has 0 unspecified atom stereocenters. The van der Waals surface area contributed by atoms with E-state index in [1.165, 1.54) is 30.4 Å². The highest BCUT2D eigenvalue weighted by molar-refractivity contribution is 5.91. The third-order valence-electron chi connectivity index (χ3n) is 3.32. The molecule has 0 spiro atoms. The Morgan fingerprint density at radius 3 is 2.75 bits per heavy atom. The number of ketones is 1. The minimum Gasteiger partial charge on any atom is -0.295 e. The van der Waals surface area contributed by atoms with Gasteiger partial charge in [0.25, 0.3) is 0 Å². The lowest BCUT2D eigenvalue weighted by molar-refractivity contribution is -0.113. The molecule has 0 N–H and O–H groups in total. The molecular formula is C15H22O. The van der Waals surface area contributed by atoms with Crippen LogP contribution in [0.15, 0.2) is 36.0 Å². The topological polar surface area (TPSA) is 17.1 Å². The van der Waals surface area contributed by atoms with Crippen molar-refractivity contribution in [3.8, 4) is 0 Å². The Morgan fingerprint density at radius 2 is 2.19 bits per heavy atom. The van der Waals surface area contributed by atoms with E-state index in [4.69, 9.17) is 0 Å². The summed E-state index contributed by atoms with van der Waals surface area (Å²) >= 11 is 0. The largest absolute Gasteiger partial charge is 0.295 e. The lowest BCUT2D eigenvalue weighted by Gasteiger charge is -2.32. The van der Waals surface area contributed by atoms with Crippen molar-refractivity contribution in [1.82, 2.24) is 0 Å². The molecule has 0 radical (unpaired) electrons. The molecule has 0 amide bonds. The predicted octanol–water partition coefficient (Wildman–Crippen LogP) is 4.21.